The first-order valence-electron chi connectivity index (χ1n) is 4.05. The van der Waals surface area contributed by atoms with Gasteiger partial charge in [0.15, 0.2) is 0 Å². The van der Waals surface area contributed by atoms with E-state index < -0.39 is 0 Å². The van der Waals surface area contributed by atoms with Crippen LogP contribution in [0, 0.1) is 0 Å². The van der Waals surface area contributed by atoms with Gasteiger partial charge in [-0.25, -0.2) is 0 Å². The summed E-state index contributed by atoms with van der Waals surface area (Å²) in [7, 11) is 0. The van der Waals surface area contributed by atoms with E-state index >= 15 is 0 Å². The molecule has 0 aliphatic rings. The minimum Gasteiger partial charge on any atom is -0.392 e. The summed E-state index contributed by atoms with van der Waals surface area (Å²) in [5, 5.41) is 31.5. The number of rotatable bonds is 4. The monoisotopic (exact) mass is 220 g/mol. The van der Waals surface area contributed by atoms with E-state index in [9.17, 15) is 0 Å². The van der Waals surface area contributed by atoms with Crippen molar-refractivity contribution in [3.63, 3.8) is 0 Å². The molecule has 0 fully saturated rings. The Balaban J connectivity index is -0.0000000606. The minimum atomic E-state index is 0. The molecule has 15 heavy (non-hydrogen) atoms. The third kappa shape index (κ3) is 96.9. The van der Waals surface area contributed by atoms with Gasteiger partial charge in [0, 0.05) is 0 Å². The van der Waals surface area contributed by atoms with Crippen molar-refractivity contribution in [3.05, 3.63) is 37.5 Å². The summed E-state index contributed by atoms with van der Waals surface area (Å²) in [6.45, 7) is 6.65. The van der Waals surface area contributed by atoms with Gasteiger partial charge in [0.1, 0.15) is 0 Å². The first-order chi connectivity index (χ1) is 6.74. The molecule has 0 atom stereocenters. The number of aliphatic hydroxyl groups is 4. The molecule has 0 aliphatic carbocycles. The summed E-state index contributed by atoms with van der Waals surface area (Å²) in [5.41, 5.74) is 0. The summed E-state index contributed by atoms with van der Waals surface area (Å²) in [6, 6.07) is 0. The number of hydrogen-bond acceptors (Lipinski definition) is 4. The Morgan fingerprint density at radius 3 is 0.933 bits per heavy atom. The van der Waals surface area contributed by atoms with Crippen molar-refractivity contribution in [1.82, 2.24) is 0 Å². The zero-order chi connectivity index (χ0) is 11.7. The summed E-state index contributed by atoms with van der Waals surface area (Å²) >= 11 is 0. The fraction of sp³-hybridized carbons (Fsp3) is 0.455. The molecule has 0 bridgehead atoms. The lowest BCUT2D eigenvalue weighted by atomic mass is 10.5. The van der Waals surface area contributed by atoms with Crippen LogP contribution in [0.2, 0.25) is 0 Å². The molecule has 4 heteroatoms. The normalized spacial score (nSPS) is 7.47. The number of aliphatic hydroxyl groups excluding tert-OH is 4. The molecule has 0 amide bonds. The van der Waals surface area contributed by atoms with Crippen LogP contribution < -0.4 is 0 Å². The van der Waals surface area contributed by atoms with Gasteiger partial charge >= 0.3 is 0 Å². The molecule has 0 aliphatic heterocycles. The maximum absolute atomic E-state index is 8.00. The van der Waals surface area contributed by atoms with Crippen LogP contribution in [0.4, 0.5) is 0 Å². The Morgan fingerprint density at radius 2 is 0.867 bits per heavy atom. The quantitative estimate of drug-likeness (QED) is 0.520. The molecule has 4 nitrogen and oxygen atoms in total. The summed E-state index contributed by atoms with van der Waals surface area (Å²) in [4.78, 5) is 0. The first-order valence-corrected chi connectivity index (χ1v) is 4.05. The van der Waals surface area contributed by atoms with Crippen molar-refractivity contribution < 1.29 is 20.4 Å². The standard InChI is InChI=1S/C4H8O2.2C3H6O.CH4/c5-3-1-2-4-6;2*1-2-3-4;/h1-2,5-6H,3-4H2;2*2,4H,1,3H2;1H4/b2-1+;;;. The Morgan fingerprint density at radius 1 is 0.667 bits per heavy atom. The zero-order valence-corrected chi connectivity index (χ0v) is 8.34. The smallest absolute Gasteiger partial charge is 0.0613 e. The lowest BCUT2D eigenvalue weighted by Crippen LogP contribution is -1.74. The van der Waals surface area contributed by atoms with Crippen molar-refractivity contribution in [2.24, 2.45) is 0 Å². The van der Waals surface area contributed by atoms with Crippen molar-refractivity contribution in [2.75, 3.05) is 26.4 Å². The second-order valence-corrected chi connectivity index (χ2v) is 1.78. The largest absolute Gasteiger partial charge is 0.392 e. The lowest BCUT2D eigenvalue weighted by Gasteiger charge is -1.73. The van der Waals surface area contributed by atoms with Crippen molar-refractivity contribution in [2.45, 2.75) is 7.43 Å². The van der Waals surface area contributed by atoms with Crippen LogP contribution in [0.25, 0.3) is 0 Å². The van der Waals surface area contributed by atoms with E-state index in [1.165, 1.54) is 24.3 Å². The van der Waals surface area contributed by atoms with Crippen LogP contribution >= 0.6 is 0 Å². The third-order valence-electron chi connectivity index (χ3n) is 0.636. The average Bonchev–Trinajstić information content (AvgIpc) is 2.27. The van der Waals surface area contributed by atoms with E-state index in [0.29, 0.717) is 0 Å². The molecule has 0 aromatic heterocycles. The molecule has 0 spiro atoms. The molecule has 0 radical (unpaired) electrons. The minimum absolute atomic E-state index is 0. The topological polar surface area (TPSA) is 80.9 Å². The highest BCUT2D eigenvalue weighted by molar-refractivity contribution is 4.78. The van der Waals surface area contributed by atoms with Crippen molar-refractivity contribution >= 4 is 0 Å². The van der Waals surface area contributed by atoms with E-state index in [1.54, 1.807) is 0 Å². The van der Waals surface area contributed by atoms with Crippen molar-refractivity contribution in [1.29, 1.82) is 0 Å². The van der Waals surface area contributed by atoms with E-state index in [-0.39, 0.29) is 33.9 Å². The predicted octanol–water partition coefficient (Wildman–Crippen LogP) is 0.493. The Hall–Kier alpha value is -0.940. The molecule has 0 aromatic rings. The molecular weight excluding hydrogens is 196 g/mol. The van der Waals surface area contributed by atoms with Gasteiger partial charge in [0.05, 0.1) is 26.4 Å². The van der Waals surface area contributed by atoms with Gasteiger partial charge in [0.25, 0.3) is 0 Å². The van der Waals surface area contributed by atoms with Crippen LogP contribution in [0.15, 0.2) is 37.5 Å². The maximum Gasteiger partial charge on any atom is 0.0613 e. The number of hydrogen-bond donors (Lipinski definition) is 4. The molecule has 0 heterocycles. The third-order valence-corrected chi connectivity index (χ3v) is 0.636. The van der Waals surface area contributed by atoms with Gasteiger partial charge in [0.2, 0.25) is 0 Å². The Labute approximate surface area is 92.5 Å². The average molecular weight is 220 g/mol. The van der Waals surface area contributed by atoms with E-state index in [1.807, 2.05) is 0 Å². The first kappa shape index (κ1) is 23.7. The Bertz CT molecular complexity index is 108. The molecular formula is C11H24O4. The lowest BCUT2D eigenvalue weighted by molar-refractivity contribution is 0.329. The molecule has 4 N–H and O–H groups in total. The van der Waals surface area contributed by atoms with Crippen LogP contribution in [0.1, 0.15) is 7.43 Å². The summed E-state index contributed by atoms with van der Waals surface area (Å²) in [5.74, 6) is 0. The summed E-state index contributed by atoms with van der Waals surface area (Å²) < 4.78 is 0. The fourth-order valence-electron chi connectivity index (χ4n) is 0.149. The van der Waals surface area contributed by atoms with Gasteiger partial charge in [-0.1, -0.05) is 31.7 Å². The molecule has 0 aromatic carbocycles. The SMILES string of the molecule is C.C=CCO.C=CCO.OC/C=C/CO. The molecule has 0 unspecified atom stereocenters. The summed E-state index contributed by atoms with van der Waals surface area (Å²) in [6.07, 6.45) is 5.83. The van der Waals surface area contributed by atoms with E-state index in [4.69, 9.17) is 20.4 Å². The highest BCUT2D eigenvalue weighted by atomic mass is 16.3. The van der Waals surface area contributed by atoms with Gasteiger partial charge in [-0.3, -0.25) is 0 Å². The van der Waals surface area contributed by atoms with E-state index in [0.717, 1.165) is 0 Å². The fourth-order valence-corrected chi connectivity index (χ4v) is 0.149. The van der Waals surface area contributed by atoms with Gasteiger partial charge in [-0.2, -0.15) is 0 Å². The Kier molecular flexibility index (Phi) is 60.2. The van der Waals surface area contributed by atoms with Gasteiger partial charge < -0.3 is 20.4 Å². The van der Waals surface area contributed by atoms with Crippen LogP contribution in [0.5, 0.6) is 0 Å². The van der Waals surface area contributed by atoms with Crippen LogP contribution in [-0.2, 0) is 0 Å². The predicted molar refractivity (Wildman–Crippen MR) is 64.6 cm³/mol. The van der Waals surface area contributed by atoms with Crippen molar-refractivity contribution in [3.8, 4) is 0 Å². The highest BCUT2D eigenvalue weighted by Gasteiger charge is 1.61. The van der Waals surface area contributed by atoms with Gasteiger partial charge in [-0.15, -0.1) is 13.2 Å². The molecule has 0 rings (SSSR count). The van der Waals surface area contributed by atoms with Gasteiger partial charge in [-0.05, 0) is 0 Å². The molecule has 92 valence electrons. The highest BCUT2D eigenvalue weighted by Crippen LogP contribution is 1.63. The van der Waals surface area contributed by atoms with E-state index in [2.05, 4.69) is 13.2 Å². The van der Waals surface area contributed by atoms with Crippen LogP contribution in [0.3, 0.4) is 0 Å². The van der Waals surface area contributed by atoms with Crippen LogP contribution in [-0.4, -0.2) is 46.9 Å². The molecule has 0 saturated carbocycles. The second-order valence-electron chi connectivity index (χ2n) is 1.78. The maximum atomic E-state index is 8.00. The molecule has 0 saturated heterocycles. The zero-order valence-electron chi connectivity index (χ0n) is 8.34. The second kappa shape index (κ2) is 38.1.